The van der Waals surface area contributed by atoms with Crippen LogP contribution < -0.4 is 5.32 Å². The maximum atomic E-state index is 12.9. The average Bonchev–Trinajstić information content (AvgIpc) is 2.95. The minimum Gasteiger partial charge on any atom is -0.360 e. The smallest absolute Gasteiger partial charge is 0.259 e. The minimum atomic E-state index is 0.00188. The molecule has 0 spiro atoms. The van der Waals surface area contributed by atoms with Crippen molar-refractivity contribution >= 4 is 11.8 Å². The van der Waals surface area contributed by atoms with Crippen LogP contribution in [-0.2, 0) is 4.79 Å². The number of likely N-dealkylation sites (tertiary alicyclic amines) is 1. The molecule has 1 fully saturated rings. The second-order valence-electron chi connectivity index (χ2n) is 6.98. The summed E-state index contributed by atoms with van der Waals surface area (Å²) in [6.45, 7) is 9.87. The molecule has 0 saturated carbocycles. The van der Waals surface area contributed by atoms with Gasteiger partial charge in [0.1, 0.15) is 5.56 Å². The SMILES string of the molecule is CCCC(=O)NC[C@H]1CCCN(C(=O)c2c(C)noc2C(C)C)C1. The summed E-state index contributed by atoms with van der Waals surface area (Å²) in [4.78, 5) is 26.5. The number of nitrogens with zero attached hydrogens (tertiary/aromatic N) is 2. The zero-order chi connectivity index (χ0) is 17.7. The summed E-state index contributed by atoms with van der Waals surface area (Å²) in [6, 6.07) is 0. The van der Waals surface area contributed by atoms with Crippen molar-refractivity contribution in [2.45, 2.75) is 59.3 Å². The van der Waals surface area contributed by atoms with Crippen molar-refractivity contribution in [2.24, 2.45) is 5.92 Å². The quantitative estimate of drug-likeness (QED) is 0.867. The van der Waals surface area contributed by atoms with E-state index in [1.807, 2.05) is 32.6 Å². The maximum absolute atomic E-state index is 12.9. The lowest BCUT2D eigenvalue weighted by Crippen LogP contribution is -2.44. The molecule has 1 saturated heterocycles. The van der Waals surface area contributed by atoms with Crippen LogP contribution in [0.25, 0.3) is 0 Å². The summed E-state index contributed by atoms with van der Waals surface area (Å²) < 4.78 is 5.35. The molecular weight excluding hydrogens is 306 g/mol. The Morgan fingerprint density at radius 3 is 2.83 bits per heavy atom. The van der Waals surface area contributed by atoms with E-state index in [0.29, 0.717) is 42.4 Å². The molecule has 2 heterocycles. The second kappa shape index (κ2) is 8.31. The highest BCUT2D eigenvalue weighted by molar-refractivity contribution is 5.96. The minimum absolute atomic E-state index is 0.00188. The Morgan fingerprint density at radius 1 is 1.42 bits per heavy atom. The van der Waals surface area contributed by atoms with E-state index in [0.717, 1.165) is 25.8 Å². The highest BCUT2D eigenvalue weighted by Gasteiger charge is 2.30. The Kier molecular flexibility index (Phi) is 6.40. The fourth-order valence-corrected chi connectivity index (χ4v) is 3.19. The lowest BCUT2D eigenvalue weighted by molar-refractivity contribution is -0.121. The zero-order valence-electron chi connectivity index (χ0n) is 15.2. The zero-order valence-corrected chi connectivity index (χ0v) is 15.2. The Bertz CT molecular complexity index is 580. The van der Waals surface area contributed by atoms with Crippen LogP contribution in [0.4, 0.5) is 0 Å². The molecule has 2 rings (SSSR count). The van der Waals surface area contributed by atoms with Crippen molar-refractivity contribution in [3.05, 3.63) is 17.0 Å². The van der Waals surface area contributed by atoms with Crippen LogP contribution in [0, 0.1) is 12.8 Å². The normalized spacial score (nSPS) is 18.0. The van der Waals surface area contributed by atoms with Crippen LogP contribution in [0.15, 0.2) is 4.52 Å². The third-order valence-electron chi connectivity index (χ3n) is 4.50. The van der Waals surface area contributed by atoms with Gasteiger partial charge in [-0.2, -0.15) is 0 Å². The number of amides is 2. The fourth-order valence-electron chi connectivity index (χ4n) is 3.19. The number of nitrogens with one attached hydrogen (secondary N) is 1. The molecule has 0 radical (unpaired) electrons. The van der Waals surface area contributed by atoms with Gasteiger partial charge in [0.15, 0.2) is 5.76 Å². The monoisotopic (exact) mass is 335 g/mol. The second-order valence-corrected chi connectivity index (χ2v) is 6.98. The molecule has 1 atom stereocenters. The molecule has 2 amide bonds. The van der Waals surface area contributed by atoms with Crippen LogP contribution >= 0.6 is 0 Å². The molecule has 0 bridgehead atoms. The molecule has 1 aliphatic heterocycles. The molecule has 0 unspecified atom stereocenters. The van der Waals surface area contributed by atoms with Gasteiger partial charge in [0.2, 0.25) is 5.91 Å². The molecule has 0 aliphatic carbocycles. The Morgan fingerprint density at radius 2 is 2.17 bits per heavy atom. The van der Waals surface area contributed by atoms with E-state index in [2.05, 4.69) is 10.5 Å². The van der Waals surface area contributed by atoms with Gasteiger partial charge < -0.3 is 14.7 Å². The number of carbonyl (C=O) groups is 2. The van der Waals surface area contributed by atoms with Crippen molar-refractivity contribution in [1.29, 1.82) is 0 Å². The Labute approximate surface area is 143 Å². The lowest BCUT2D eigenvalue weighted by Gasteiger charge is -2.33. The van der Waals surface area contributed by atoms with Crippen LogP contribution in [0.2, 0.25) is 0 Å². The largest absolute Gasteiger partial charge is 0.360 e. The number of hydrogen-bond donors (Lipinski definition) is 1. The Balaban J connectivity index is 2.00. The average molecular weight is 335 g/mol. The van der Waals surface area contributed by atoms with Crippen LogP contribution in [0.5, 0.6) is 0 Å². The van der Waals surface area contributed by atoms with Crippen LogP contribution in [0.3, 0.4) is 0 Å². The number of carbonyl (C=O) groups excluding carboxylic acids is 2. The highest BCUT2D eigenvalue weighted by atomic mass is 16.5. The maximum Gasteiger partial charge on any atom is 0.259 e. The van der Waals surface area contributed by atoms with Gasteiger partial charge in [-0.15, -0.1) is 0 Å². The van der Waals surface area contributed by atoms with Gasteiger partial charge in [-0.25, -0.2) is 0 Å². The highest BCUT2D eigenvalue weighted by Crippen LogP contribution is 2.26. The number of rotatable bonds is 6. The molecule has 6 nitrogen and oxygen atoms in total. The fraction of sp³-hybridized carbons (Fsp3) is 0.722. The van der Waals surface area contributed by atoms with Gasteiger partial charge in [0.25, 0.3) is 5.91 Å². The van der Waals surface area contributed by atoms with E-state index in [-0.39, 0.29) is 17.7 Å². The third kappa shape index (κ3) is 4.36. The number of aryl methyl sites for hydroxylation is 1. The van der Waals surface area contributed by atoms with E-state index >= 15 is 0 Å². The van der Waals surface area contributed by atoms with Gasteiger partial charge in [0, 0.05) is 32.0 Å². The summed E-state index contributed by atoms with van der Waals surface area (Å²) in [7, 11) is 0. The predicted molar refractivity (Wildman–Crippen MR) is 91.9 cm³/mol. The molecule has 134 valence electrons. The summed E-state index contributed by atoms with van der Waals surface area (Å²) >= 11 is 0. The summed E-state index contributed by atoms with van der Waals surface area (Å²) in [6.07, 6.45) is 3.41. The summed E-state index contributed by atoms with van der Waals surface area (Å²) in [5, 5.41) is 6.95. The number of piperidine rings is 1. The first-order valence-electron chi connectivity index (χ1n) is 8.96. The van der Waals surface area contributed by atoms with E-state index in [4.69, 9.17) is 4.52 Å². The number of aromatic nitrogens is 1. The van der Waals surface area contributed by atoms with Crippen molar-refractivity contribution < 1.29 is 14.1 Å². The van der Waals surface area contributed by atoms with E-state index in [1.165, 1.54) is 0 Å². The first-order valence-corrected chi connectivity index (χ1v) is 8.96. The van der Waals surface area contributed by atoms with Gasteiger partial charge in [-0.05, 0) is 32.1 Å². The van der Waals surface area contributed by atoms with Gasteiger partial charge in [-0.1, -0.05) is 25.9 Å². The van der Waals surface area contributed by atoms with Gasteiger partial charge >= 0.3 is 0 Å². The van der Waals surface area contributed by atoms with Crippen molar-refractivity contribution in [2.75, 3.05) is 19.6 Å². The molecule has 1 aromatic heterocycles. The predicted octanol–water partition coefficient (Wildman–Crippen LogP) is 2.87. The molecule has 0 aromatic carbocycles. The van der Waals surface area contributed by atoms with E-state index in [1.54, 1.807) is 0 Å². The topological polar surface area (TPSA) is 75.4 Å². The first-order chi connectivity index (χ1) is 11.4. The van der Waals surface area contributed by atoms with E-state index < -0.39 is 0 Å². The van der Waals surface area contributed by atoms with Crippen LogP contribution in [0.1, 0.15) is 74.2 Å². The van der Waals surface area contributed by atoms with Gasteiger partial charge in [0.05, 0.1) is 5.69 Å². The molecule has 1 aromatic rings. The molecule has 1 N–H and O–H groups in total. The van der Waals surface area contributed by atoms with Crippen LogP contribution in [-0.4, -0.2) is 41.5 Å². The molecule has 1 aliphatic rings. The van der Waals surface area contributed by atoms with Crippen molar-refractivity contribution in [3.63, 3.8) is 0 Å². The summed E-state index contributed by atoms with van der Waals surface area (Å²) in [5.41, 5.74) is 1.27. The third-order valence-corrected chi connectivity index (χ3v) is 4.50. The standard InChI is InChI=1S/C18H29N3O3/c1-5-7-15(22)19-10-14-8-6-9-21(11-14)18(23)16-13(4)20-24-17(16)12(2)3/h12,14H,5-11H2,1-4H3,(H,19,22)/t14-/m1/s1. The molecular formula is C18H29N3O3. The van der Waals surface area contributed by atoms with E-state index in [9.17, 15) is 9.59 Å². The molecule has 24 heavy (non-hydrogen) atoms. The lowest BCUT2D eigenvalue weighted by atomic mass is 9.96. The Hall–Kier alpha value is -1.85. The first kappa shape index (κ1) is 18.5. The summed E-state index contributed by atoms with van der Waals surface area (Å²) in [5.74, 6) is 1.20. The van der Waals surface area contributed by atoms with Crippen molar-refractivity contribution in [1.82, 2.24) is 15.4 Å². The van der Waals surface area contributed by atoms with Crippen molar-refractivity contribution in [3.8, 4) is 0 Å². The van der Waals surface area contributed by atoms with Gasteiger partial charge in [-0.3, -0.25) is 9.59 Å². The molecule has 6 heteroatoms. The number of hydrogen-bond acceptors (Lipinski definition) is 4.